The molecule has 0 bridgehead atoms. The van der Waals surface area contributed by atoms with Crippen LogP contribution < -0.4 is 5.32 Å². The van der Waals surface area contributed by atoms with Gasteiger partial charge in [-0.1, -0.05) is 27.7 Å². The third kappa shape index (κ3) is 6.36. The van der Waals surface area contributed by atoms with E-state index >= 15 is 0 Å². The summed E-state index contributed by atoms with van der Waals surface area (Å²) in [5.74, 6) is -0.433. The van der Waals surface area contributed by atoms with Crippen molar-refractivity contribution in [2.24, 2.45) is 11.3 Å². The number of hydrogen-bond donors (Lipinski definition) is 2. The molecule has 1 heterocycles. The number of carboxylic acid groups (broad SMARTS) is 1. The lowest BCUT2D eigenvalue weighted by Crippen LogP contribution is -2.42. The maximum atomic E-state index is 11.1. The highest BCUT2D eigenvalue weighted by atomic mass is 16.7. The fourth-order valence-electron chi connectivity index (χ4n) is 2.01. The molecule has 1 atom stereocenters. The van der Waals surface area contributed by atoms with Crippen molar-refractivity contribution in [2.45, 2.75) is 52.9 Å². The van der Waals surface area contributed by atoms with Crippen molar-refractivity contribution in [1.29, 1.82) is 0 Å². The molecule has 0 aromatic heterocycles. The van der Waals surface area contributed by atoms with Crippen LogP contribution in [0.4, 0.5) is 0 Å². The number of ether oxygens (including phenoxy) is 2. The molecular weight excluding hydrogens is 246 g/mol. The summed E-state index contributed by atoms with van der Waals surface area (Å²) in [6.45, 7) is 10.2. The largest absolute Gasteiger partial charge is 0.480 e. The third-order valence-electron chi connectivity index (χ3n) is 3.10. The van der Waals surface area contributed by atoms with Crippen molar-refractivity contribution in [2.75, 3.05) is 19.8 Å². The summed E-state index contributed by atoms with van der Waals surface area (Å²) in [6.07, 6.45) is 1.10. The van der Waals surface area contributed by atoms with Crippen LogP contribution in [0.5, 0.6) is 0 Å². The van der Waals surface area contributed by atoms with E-state index in [2.05, 4.69) is 19.2 Å². The Morgan fingerprint density at radius 2 is 1.95 bits per heavy atom. The minimum absolute atomic E-state index is 0.0746. The Bertz CT molecular complexity index is 281. The third-order valence-corrected chi connectivity index (χ3v) is 3.10. The molecule has 0 aliphatic carbocycles. The second-order valence-corrected chi connectivity index (χ2v) is 6.48. The maximum Gasteiger partial charge on any atom is 0.320 e. The van der Waals surface area contributed by atoms with Crippen LogP contribution in [-0.4, -0.2) is 43.2 Å². The van der Waals surface area contributed by atoms with Crippen LogP contribution in [0.3, 0.4) is 0 Å². The molecule has 0 saturated carbocycles. The number of carboxylic acids is 1. The number of hydrogen-bond acceptors (Lipinski definition) is 4. The van der Waals surface area contributed by atoms with Crippen LogP contribution in [0.2, 0.25) is 0 Å². The van der Waals surface area contributed by atoms with Crippen molar-refractivity contribution < 1.29 is 19.4 Å². The van der Waals surface area contributed by atoms with Gasteiger partial charge in [-0.2, -0.15) is 0 Å². The van der Waals surface area contributed by atoms with E-state index in [0.717, 1.165) is 0 Å². The standard InChI is InChI=1S/C14H27NO4/c1-10(2)7-11(13(16)17)15-6-5-12-18-8-14(3,4)9-19-12/h10-12,15H,5-9H2,1-4H3,(H,16,17)/t11-/m0/s1. The van der Waals surface area contributed by atoms with Crippen LogP contribution in [-0.2, 0) is 14.3 Å². The van der Waals surface area contributed by atoms with Crippen LogP contribution in [0.1, 0.15) is 40.5 Å². The zero-order chi connectivity index (χ0) is 14.5. The second-order valence-electron chi connectivity index (χ2n) is 6.48. The SMILES string of the molecule is CC(C)C[C@H](NCCC1OCC(C)(C)CO1)C(=O)O. The molecule has 0 amide bonds. The van der Waals surface area contributed by atoms with Gasteiger partial charge in [0.25, 0.3) is 0 Å². The van der Waals surface area contributed by atoms with Crippen molar-refractivity contribution >= 4 is 5.97 Å². The number of aliphatic carboxylic acids is 1. The minimum atomic E-state index is -0.791. The van der Waals surface area contributed by atoms with Gasteiger partial charge < -0.3 is 19.9 Å². The fraction of sp³-hybridized carbons (Fsp3) is 0.929. The molecule has 19 heavy (non-hydrogen) atoms. The summed E-state index contributed by atoms with van der Waals surface area (Å²) in [7, 11) is 0. The Labute approximate surface area is 115 Å². The van der Waals surface area contributed by atoms with Gasteiger partial charge in [-0.3, -0.25) is 4.79 Å². The Kier molecular flexibility index (Phi) is 6.23. The molecule has 1 rings (SSSR count). The summed E-state index contributed by atoms with van der Waals surface area (Å²) < 4.78 is 11.2. The van der Waals surface area contributed by atoms with E-state index in [1.165, 1.54) is 0 Å². The van der Waals surface area contributed by atoms with E-state index < -0.39 is 12.0 Å². The highest BCUT2D eigenvalue weighted by Gasteiger charge is 2.28. The van der Waals surface area contributed by atoms with Crippen LogP contribution in [0, 0.1) is 11.3 Å². The summed E-state index contributed by atoms with van der Waals surface area (Å²) in [5, 5.41) is 12.2. The highest BCUT2D eigenvalue weighted by Crippen LogP contribution is 2.23. The topological polar surface area (TPSA) is 67.8 Å². The number of nitrogens with one attached hydrogen (secondary N) is 1. The summed E-state index contributed by atoms with van der Waals surface area (Å²) in [6, 6.07) is -0.486. The molecule has 5 nitrogen and oxygen atoms in total. The molecule has 1 aliphatic rings. The predicted octanol–water partition coefficient (Wildman–Crippen LogP) is 1.86. The van der Waals surface area contributed by atoms with E-state index in [1.54, 1.807) is 0 Å². The lowest BCUT2D eigenvalue weighted by Gasteiger charge is -2.34. The van der Waals surface area contributed by atoms with Gasteiger partial charge in [0.2, 0.25) is 0 Å². The molecular formula is C14H27NO4. The molecule has 0 aromatic rings. The normalized spacial score (nSPS) is 21.5. The van der Waals surface area contributed by atoms with Gasteiger partial charge in [0, 0.05) is 18.4 Å². The van der Waals surface area contributed by atoms with Gasteiger partial charge in [0.05, 0.1) is 13.2 Å². The Balaban J connectivity index is 2.23. The number of carbonyl (C=O) groups is 1. The second kappa shape index (κ2) is 7.22. The smallest absolute Gasteiger partial charge is 0.320 e. The molecule has 0 radical (unpaired) electrons. The van der Waals surface area contributed by atoms with Gasteiger partial charge in [-0.25, -0.2) is 0 Å². The van der Waals surface area contributed by atoms with Crippen molar-refractivity contribution in [3.05, 3.63) is 0 Å². The summed E-state index contributed by atoms with van der Waals surface area (Å²) >= 11 is 0. The van der Waals surface area contributed by atoms with E-state index in [1.807, 2.05) is 13.8 Å². The Morgan fingerprint density at radius 1 is 1.37 bits per heavy atom. The van der Waals surface area contributed by atoms with E-state index in [4.69, 9.17) is 14.6 Å². The minimum Gasteiger partial charge on any atom is -0.480 e. The summed E-state index contributed by atoms with van der Waals surface area (Å²) in [4.78, 5) is 11.1. The lowest BCUT2D eigenvalue weighted by atomic mass is 9.95. The van der Waals surface area contributed by atoms with Gasteiger partial charge in [-0.15, -0.1) is 0 Å². The van der Waals surface area contributed by atoms with Crippen molar-refractivity contribution in [1.82, 2.24) is 5.32 Å². The molecule has 112 valence electrons. The fourth-order valence-corrected chi connectivity index (χ4v) is 2.01. The van der Waals surface area contributed by atoms with E-state index in [9.17, 15) is 4.79 Å². The average Bonchev–Trinajstić information content (AvgIpc) is 2.29. The molecule has 0 unspecified atom stereocenters. The van der Waals surface area contributed by atoms with Gasteiger partial charge in [0.1, 0.15) is 6.04 Å². The van der Waals surface area contributed by atoms with Crippen molar-refractivity contribution in [3.63, 3.8) is 0 Å². The van der Waals surface area contributed by atoms with E-state index in [-0.39, 0.29) is 11.7 Å². The monoisotopic (exact) mass is 273 g/mol. The molecule has 1 saturated heterocycles. The molecule has 1 aliphatic heterocycles. The van der Waals surface area contributed by atoms with Crippen LogP contribution in [0.25, 0.3) is 0 Å². The molecule has 2 N–H and O–H groups in total. The first-order valence-corrected chi connectivity index (χ1v) is 6.99. The highest BCUT2D eigenvalue weighted by molar-refractivity contribution is 5.73. The zero-order valence-electron chi connectivity index (χ0n) is 12.4. The van der Waals surface area contributed by atoms with Gasteiger partial charge in [0.15, 0.2) is 6.29 Å². The average molecular weight is 273 g/mol. The first-order valence-electron chi connectivity index (χ1n) is 6.99. The Morgan fingerprint density at radius 3 is 2.42 bits per heavy atom. The predicted molar refractivity (Wildman–Crippen MR) is 73.0 cm³/mol. The lowest BCUT2D eigenvalue weighted by molar-refractivity contribution is -0.223. The van der Waals surface area contributed by atoms with Gasteiger partial charge >= 0.3 is 5.97 Å². The first kappa shape index (κ1) is 16.4. The Hall–Kier alpha value is -0.650. The number of rotatable bonds is 7. The van der Waals surface area contributed by atoms with E-state index in [0.29, 0.717) is 38.5 Å². The quantitative estimate of drug-likeness (QED) is 0.741. The van der Waals surface area contributed by atoms with Crippen LogP contribution in [0.15, 0.2) is 0 Å². The molecule has 5 heteroatoms. The summed E-state index contributed by atoms with van der Waals surface area (Å²) in [5.41, 5.74) is 0.0746. The maximum absolute atomic E-state index is 11.1. The molecule has 1 fully saturated rings. The van der Waals surface area contributed by atoms with Gasteiger partial charge in [-0.05, 0) is 12.3 Å². The molecule has 0 spiro atoms. The molecule has 0 aromatic carbocycles. The zero-order valence-corrected chi connectivity index (χ0v) is 12.4. The first-order chi connectivity index (χ1) is 8.80. The van der Waals surface area contributed by atoms with Crippen LogP contribution >= 0.6 is 0 Å². The van der Waals surface area contributed by atoms with Crippen molar-refractivity contribution in [3.8, 4) is 0 Å².